The van der Waals surface area contributed by atoms with Gasteiger partial charge >= 0.3 is 0 Å². The number of hydrogen-bond donors (Lipinski definition) is 1. The van der Waals surface area contributed by atoms with Gasteiger partial charge in [-0.3, -0.25) is 4.79 Å². The van der Waals surface area contributed by atoms with Crippen LogP contribution in [0.25, 0.3) is 0 Å². The Morgan fingerprint density at radius 2 is 2.10 bits per heavy atom. The lowest BCUT2D eigenvalue weighted by Crippen LogP contribution is -2.15. The summed E-state index contributed by atoms with van der Waals surface area (Å²) >= 11 is 0. The van der Waals surface area contributed by atoms with Crippen molar-refractivity contribution in [3.05, 3.63) is 47.0 Å². The standard InChI is InChI=1S/C16H20FN3O/c1-4-5-8-12-9-6-7-10-13(12)18-16(21)14-11(2)19-20(3)15(14)17/h6-7,9-10H,4-5,8H2,1-3H3,(H,18,21). The lowest BCUT2D eigenvalue weighted by molar-refractivity contribution is 0.102. The molecule has 0 spiro atoms. The van der Waals surface area contributed by atoms with E-state index in [0.29, 0.717) is 5.69 Å². The van der Waals surface area contributed by atoms with Gasteiger partial charge in [0.15, 0.2) is 0 Å². The van der Waals surface area contributed by atoms with Crippen LogP contribution in [0, 0.1) is 12.9 Å². The summed E-state index contributed by atoms with van der Waals surface area (Å²) in [6, 6.07) is 7.62. The van der Waals surface area contributed by atoms with Gasteiger partial charge in [0, 0.05) is 12.7 Å². The number of aromatic nitrogens is 2. The molecule has 1 heterocycles. The third kappa shape index (κ3) is 3.29. The molecule has 21 heavy (non-hydrogen) atoms. The number of benzene rings is 1. The van der Waals surface area contributed by atoms with Crippen molar-refractivity contribution in [2.75, 3.05) is 5.32 Å². The molecule has 2 rings (SSSR count). The number of para-hydroxylation sites is 1. The van der Waals surface area contributed by atoms with Gasteiger partial charge < -0.3 is 5.32 Å². The van der Waals surface area contributed by atoms with E-state index in [2.05, 4.69) is 17.3 Å². The minimum atomic E-state index is -0.615. The zero-order valence-corrected chi connectivity index (χ0v) is 12.6. The molecule has 0 radical (unpaired) electrons. The van der Waals surface area contributed by atoms with Crippen molar-refractivity contribution >= 4 is 11.6 Å². The van der Waals surface area contributed by atoms with E-state index in [4.69, 9.17) is 0 Å². The second-order valence-electron chi connectivity index (χ2n) is 5.09. The van der Waals surface area contributed by atoms with Crippen LogP contribution >= 0.6 is 0 Å². The maximum atomic E-state index is 13.9. The van der Waals surface area contributed by atoms with E-state index >= 15 is 0 Å². The number of carbonyl (C=O) groups excluding carboxylic acids is 1. The van der Waals surface area contributed by atoms with Gasteiger partial charge in [-0.1, -0.05) is 31.5 Å². The zero-order chi connectivity index (χ0) is 15.4. The molecule has 5 heteroatoms. The number of aryl methyl sites for hydroxylation is 3. The number of carbonyl (C=O) groups is 1. The first-order valence-electron chi connectivity index (χ1n) is 7.13. The van der Waals surface area contributed by atoms with Gasteiger partial charge in [-0.25, -0.2) is 4.68 Å². The monoisotopic (exact) mass is 289 g/mol. The van der Waals surface area contributed by atoms with Crippen molar-refractivity contribution < 1.29 is 9.18 Å². The number of nitrogens with zero attached hydrogens (tertiary/aromatic N) is 2. The number of amides is 1. The minimum Gasteiger partial charge on any atom is -0.322 e. The molecule has 0 bridgehead atoms. The Morgan fingerprint density at radius 3 is 2.71 bits per heavy atom. The van der Waals surface area contributed by atoms with E-state index < -0.39 is 11.9 Å². The summed E-state index contributed by atoms with van der Waals surface area (Å²) in [5.74, 6) is -1.07. The smallest absolute Gasteiger partial charge is 0.262 e. The minimum absolute atomic E-state index is 0.00259. The van der Waals surface area contributed by atoms with Crippen LogP contribution in [0.2, 0.25) is 0 Å². The number of hydrogen-bond acceptors (Lipinski definition) is 2. The van der Waals surface area contributed by atoms with Crippen molar-refractivity contribution in [2.45, 2.75) is 33.1 Å². The van der Waals surface area contributed by atoms with Crippen LogP contribution in [-0.4, -0.2) is 15.7 Å². The predicted octanol–water partition coefficient (Wildman–Crippen LogP) is 3.46. The molecule has 0 aliphatic rings. The fourth-order valence-corrected chi connectivity index (χ4v) is 2.30. The second kappa shape index (κ2) is 6.52. The number of anilines is 1. The average molecular weight is 289 g/mol. The first-order chi connectivity index (χ1) is 10.0. The average Bonchev–Trinajstić information content (AvgIpc) is 2.71. The third-order valence-corrected chi connectivity index (χ3v) is 3.44. The summed E-state index contributed by atoms with van der Waals surface area (Å²) in [7, 11) is 1.48. The molecule has 4 nitrogen and oxygen atoms in total. The van der Waals surface area contributed by atoms with Crippen LogP contribution < -0.4 is 5.32 Å². The van der Waals surface area contributed by atoms with Crippen LogP contribution in [0.4, 0.5) is 10.1 Å². The highest BCUT2D eigenvalue weighted by Gasteiger charge is 2.21. The molecule has 0 fully saturated rings. The van der Waals surface area contributed by atoms with Crippen LogP contribution in [0.3, 0.4) is 0 Å². The van der Waals surface area contributed by atoms with Crippen molar-refractivity contribution in [3.8, 4) is 0 Å². The molecule has 0 unspecified atom stereocenters. The van der Waals surface area contributed by atoms with E-state index in [-0.39, 0.29) is 5.56 Å². The van der Waals surface area contributed by atoms with Gasteiger partial charge in [-0.05, 0) is 31.4 Å². The van der Waals surface area contributed by atoms with Gasteiger partial charge in [0.1, 0.15) is 5.56 Å². The Balaban J connectivity index is 2.23. The first kappa shape index (κ1) is 15.2. The number of halogens is 1. The first-order valence-corrected chi connectivity index (χ1v) is 7.13. The quantitative estimate of drug-likeness (QED) is 0.916. The number of rotatable bonds is 5. The lowest BCUT2D eigenvalue weighted by Gasteiger charge is -2.10. The summed E-state index contributed by atoms with van der Waals surface area (Å²) in [5.41, 5.74) is 2.19. The van der Waals surface area contributed by atoms with Crippen molar-refractivity contribution in [1.82, 2.24) is 9.78 Å². The Hall–Kier alpha value is -2.17. The molecule has 0 aliphatic carbocycles. The molecular formula is C16H20FN3O. The molecule has 1 aromatic heterocycles. The van der Waals surface area contributed by atoms with Gasteiger partial charge in [0.05, 0.1) is 5.69 Å². The van der Waals surface area contributed by atoms with Gasteiger partial charge in [-0.15, -0.1) is 0 Å². The summed E-state index contributed by atoms with van der Waals surface area (Å²) in [6.07, 6.45) is 3.02. The topological polar surface area (TPSA) is 46.9 Å². The van der Waals surface area contributed by atoms with Gasteiger partial charge in [0.2, 0.25) is 5.95 Å². The summed E-state index contributed by atoms with van der Waals surface area (Å²) in [5, 5.41) is 6.72. The molecule has 1 amide bonds. The van der Waals surface area contributed by atoms with Crippen molar-refractivity contribution in [3.63, 3.8) is 0 Å². The lowest BCUT2D eigenvalue weighted by atomic mass is 10.1. The molecule has 1 N–H and O–H groups in total. The van der Waals surface area contributed by atoms with Crippen LogP contribution in [0.15, 0.2) is 24.3 Å². The van der Waals surface area contributed by atoms with Crippen molar-refractivity contribution in [2.24, 2.45) is 7.05 Å². The molecule has 0 saturated heterocycles. The Bertz CT molecular complexity index is 649. The molecule has 0 atom stereocenters. The van der Waals surface area contributed by atoms with Crippen molar-refractivity contribution in [1.29, 1.82) is 0 Å². The molecule has 112 valence electrons. The normalized spacial score (nSPS) is 10.7. The SMILES string of the molecule is CCCCc1ccccc1NC(=O)c1c(C)nn(C)c1F. The largest absolute Gasteiger partial charge is 0.322 e. The fourth-order valence-electron chi connectivity index (χ4n) is 2.30. The Kier molecular flexibility index (Phi) is 4.73. The zero-order valence-electron chi connectivity index (χ0n) is 12.6. The van der Waals surface area contributed by atoms with Gasteiger partial charge in [-0.2, -0.15) is 9.49 Å². The number of nitrogens with one attached hydrogen (secondary N) is 1. The van der Waals surface area contributed by atoms with E-state index in [1.807, 2.05) is 24.3 Å². The third-order valence-electron chi connectivity index (χ3n) is 3.44. The summed E-state index contributed by atoms with van der Waals surface area (Å²) < 4.78 is 15.0. The highest BCUT2D eigenvalue weighted by molar-refractivity contribution is 6.05. The Labute approximate surface area is 124 Å². The molecule has 1 aromatic carbocycles. The van der Waals surface area contributed by atoms with E-state index in [1.54, 1.807) is 6.92 Å². The van der Waals surface area contributed by atoms with E-state index in [1.165, 1.54) is 7.05 Å². The number of unbranched alkanes of at least 4 members (excludes halogenated alkanes) is 1. The van der Waals surface area contributed by atoms with E-state index in [9.17, 15) is 9.18 Å². The van der Waals surface area contributed by atoms with Crippen LogP contribution in [0.1, 0.15) is 41.4 Å². The predicted molar refractivity (Wildman–Crippen MR) is 80.9 cm³/mol. The highest BCUT2D eigenvalue weighted by Crippen LogP contribution is 2.20. The van der Waals surface area contributed by atoms with Crippen LogP contribution in [-0.2, 0) is 13.5 Å². The summed E-state index contributed by atoms with van der Waals surface area (Å²) in [4.78, 5) is 12.3. The highest BCUT2D eigenvalue weighted by atomic mass is 19.1. The fraction of sp³-hybridized carbons (Fsp3) is 0.375. The van der Waals surface area contributed by atoms with E-state index in [0.717, 1.165) is 35.2 Å². The molecule has 2 aromatic rings. The maximum absolute atomic E-state index is 13.9. The summed E-state index contributed by atoms with van der Waals surface area (Å²) in [6.45, 7) is 3.75. The Morgan fingerprint density at radius 1 is 1.38 bits per heavy atom. The molecule has 0 aliphatic heterocycles. The molecular weight excluding hydrogens is 269 g/mol. The van der Waals surface area contributed by atoms with Gasteiger partial charge in [0.25, 0.3) is 5.91 Å². The molecule has 0 saturated carbocycles. The van der Waals surface area contributed by atoms with Crippen LogP contribution in [0.5, 0.6) is 0 Å². The second-order valence-corrected chi connectivity index (χ2v) is 5.09. The maximum Gasteiger partial charge on any atom is 0.262 e.